The molecule has 0 fully saturated rings. The fraction of sp³-hybridized carbons (Fsp3) is 0.0833. The average Bonchev–Trinajstić information content (AvgIpc) is 2.98. The van der Waals surface area contributed by atoms with Crippen LogP contribution in [0.4, 0.5) is 10.1 Å². The van der Waals surface area contributed by atoms with Crippen LogP contribution in [0.5, 0.6) is 5.88 Å². The maximum atomic E-state index is 15.1. The van der Waals surface area contributed by atoms with Gasteiger partial charge in [0.1, 0.15) is 5.82 Å². The Bertz CT molecular complexity index is 1340. The number of nitrogens with zero attached hydrogens (tertiary/aromatic N) is 4. The van der Waals surface area contributed by atoms with Crippen LogP contribution in [0.3, 0.4) is 0 Å². The van der Waals surface area contributed by atoms with E-state index in [1.54, 1.807) is 48.5 Å². The van der Waals surface area contributed by atoms with Crippen molar-refractivity contribution >= 4 is 35.0 Å². The highest BCUT2D eigenvalue weighted by atomic mass is 35.5. The second-order valence-corrected chi connectivity index (χ2v) is 8.30. The Balaban J connectivity index is 1.80. The normalized spacial score (nSPS) is 14.6. The summed E-state index contributed by atoms with van der Waals surface area (Å²) >= 11 is 7.73. The van der Waals surface area contributed by atoms with E-state index in [-0.39, 0.29) is 16.5 Å². The Morgan fingerprint density at radius 2 is 1.79 bits per heavy atom. The topological polar surface area (TPSA) is 68.2 Å². The number of rotatable bonds is 3. The predicted molar refractivity (Wildman–Crippen MR) is 125 cm³/mol. The monoisotopic (exact) mass is 478 g/mol. The van der Waals surface area contributed by atoms with Gasteiger partial charge in [-0.05, 0) is 36.6 Å². The summed E-state index contributed by atoms with van der Waals surface area (Å²) in [6.45, 7) is 0. The minimum atomic E-state index is -1.24. The van der Waals surface area contributed by atoms with Crippen LogP contribution in [0.15, 0.2) is 78.0 Å². The van der Waals surface area contributed by atoms with Crippen LogP contribution in [0.25, 0.3) is 11.3 Å². The van der Waals surface area contributed by atoms with Gasteiger partial charge in [0.2, 0.25) is 17.3 Å². The van der Waals surface area contributed by atoms with E-state index in [0.717, 1.165) is 0 Å². The Morgan fingerprint density at radius 3 is 2.55 bits per heavy atom. The number of halogens is 2. The molecule has 1 aromatic heterocycles. The molecule has 0 N–H and O–H groups in total. The van der Waals surface area contributed by atoms with Crippen molar-refractivity contribution < 1.29 is 13.9 Å². The molecule has 0 radical (unpaired) electrons. The van der Waals surface area contributed by atoms with E-state index in [2.05, 4.69) is 15.2 Å². The third-order valence-electron chi connectivity index (χ3n) is 5.18. The second-order valence-electron chi connectivity index (χ2n) is 7.12. The smallest absolute Gasteiger partial charge is 0.261 e. The standard InChI is InChI=1S/C24H16ClFN4O2S/c1-33-24-27-21-20(28-29-24)15-10-5-6-13-18(15)30(22(31)14-8-3-2-4-9-14)23(32-21)19-16(25)11-7-12-17(19)26/h2-13,23H,1H3/t23-/m1/s1. The molecule has 5 rings (SSSR count). The van der Waals surface area contributed by atoms with Crippen molar-refractivity contribution in [1.82, 2.24) is 15.2 Å². The fourth-order valence-corrected chi connectivity index (χ4v) is 4.23. The molecule has 0 bridgehead atoms. The van der Waals surface area contributed by atoms with Crippen molar-refractivity contribution in [3.8, 4) is 17.1 Å². The van der Waals surface area contributed by atoms with Gasteiger partial charge in [-0.2, -0.15) is 4.98 Å². The molecule has 1 aliphatic rings. The number of ether oxygens (including phenoxy) is 1. The molecule has 0 unspecified atom stereocenters. The molecule has 0 saturated carbocycles. The summed E-state index contributed by atoms with van der Waals surface area (Å²) in [5.74, 6) is -0.862. The molecular weight excluding hydrogens is 463 g/mol. The molecule has 2 heterocycles. The number of para-hydroxylation sites is 1. The van der Waals surface area contributed by atoms with E-state index < -0.39 is 18.0 Å². The van der Waals surface area contributed by atoms with Gasteiger partial charge in [-0.15, -0.1) is 10.2 Å². The van der Waals surface area contributed by atoms with E-state index in [1.807, 2.05) is 18.4 Å². The highest BCUT2D eigenvalue weighted by Crippen LogP contribution is 2.45. The first-order valence-corrected chi connectivity index (χ1v) is 11.6. The van der Waals surface area contributed by atoms with Gasteiger partial charge in [-0.3, -0.25) is 9.69 Å². The number of carbonyl (C=O) groups excluding carboxylic acids is 1. The number of hydrogen-bond acceptors (Lipinski definition) is 6. The van der Waals surface area contributed by atoms with Gasteiger partial charge < -0.3 is 4.74 Å². The summed E-state index contributed by atoms with van der Waals surface area (Å²) in [7, 11) is 0. The van der Waals surface area contributed by atoms with E-state index in [4.69, 9.17) is 16.3 Å². The van der Waals surface area contributed by atoms with Crippen LogP contribution in [0, 0.1) is 5.82 Å². The van der Waals surface area contributed by atoms with Gasteiger partial charge >= 0.3 is 0 Å². The van der Waals surface area contributed by atoms with Crippen molar-refractivity contribution in [2.24, 2.45) is 0 Å². The molecule has 0 saturated heterocycles. The molecule has 0 spiro atoms. The lowest BCUT2D eigenvalue weighted by Gasteiger charge is -2.31. The lowest BCUT2D eigenvalue weighted by molar-refractivity contribution is 0.0906. The molecule has 9 heteroatoms. The highest BCUT2D eigenvalue weighted by molar-refractivity contribution is 7.98. The number of carbonyl (C=O) groups is 1. The summed E-state index contributed by atoms with van der Waals surface area (Å²) in [4.78, 5) is 19.7. The summed E-state index contributed by atoms with van der Waals surface area (Å²) in [5, 5.41) is 8.94. The molecule has 3 aromatic carbocycles. The van der Waals surface area contributed by atoms with Gasteiger partial charge in [-0.25, -0.2) is 4.39 Å². The average molecular weight is 479 g/mol. The summed E-state index contributed by atoms with van der Waals surface area (Å²) in [6.07, 6.45) is 0.574. The van der Waals surface area contributed by atoms with Gasteiger partial charge in [0, 0.05) is 11.1 Å². The summed E-state index contributed by atoms with van der Waals surface area (Å²) < 4.78 is 21.4. The van der Waals surface area contributed by atoms with Gasteiger partial charge in [-0.1, -0.05) is 65.8 Å². The van der Waals surface area contributed by atoms with Crippen LogP contribution in [-0.4, -0.2) is 27.3 Å². The number of fused-ring (bicyclic) bond motifs is 3. The Morgan fingerprint density at radius 1 is 1.03 bits per heavy atom. The molecule has 4 aromatic rings. The molecule has 164 valence electrons. The lowest BCUT2D eigenvalue weighted by atomic mass is 10.1. The van der Waals surface area contributed by atoms with Crippen LogP contribution >= 0.6 is 23.4 Å². The first-order valence-electron chi connectivity index (χ1n) is 9.95. The molecule has 33 heavy (non-hydrogen) atoms. The minimum absolute atomic E-state index is 0.0235. The molecule has 1 amide bonds. The molecular formula is C24H16ClFN4O2S. The Labute approximate surface area is 198 Å². The third kappa shape index (κ3) is 3.81. The zero-order chi connectivity index (χ0) is 22.9. The number of amides is 1. The zero-order valence-corrected chi connectivity index (χ0v) is 18.8. The van der Waals surface area contributed by atoms with Gasteiger partial charge in [0.25, 0.3) is 5.91 Å². The summed E-state index contributed by atoms with van der Waals surface area (Å²) in [6, 6.07) is 20.2. The highest BCUT2D eigenvalue weighted by Gasteiger charge is 2.38. The van der Waals surface area contributed by atoms with Crippen molar-refractivity contribution in [3.05, 3.63) is 94.8 Å². The maximum Gasteiger partial charge on any atom is 0.261 e. The van der Waals surface area contributed by atoms with Crippen molar-refractivity contribution in [1.29, 1.82) is 0 Å². The van der Waals surface area contributed by atoms with E-state index in [9.17, 15) is 4.79 Å². The quantitative estimate of drug-likeness (QED) is 0.347. The Hall–Kier alpha value is -3.49. The third-order valence-corrected chi connectivity index (χ3v) is 6.05. The van der Waals surface area contributed by atoms with Crippen molar-refractivity contribution in [2.45, 2.75) is 11.4 Å². The second kappa shape index (κ2) is 8.80. The Kier molecular flexibility index (Phi) is 5.70. The predicted octanol–water partition coefficient (Wildman–Crippen LogP) is 5.79. The lowest BCUT2D eigenvalue weighted by Crippen LogP contribution is -2.38. The maximum absolute atomic E-state index is 15.1. The van der Waals surface area contributed by atoms with Gasteiger partial charge in [0.15, 0.2) is 5.69 Å². The van der Waals surface area contributed by atoms with Crippen LogP contribution < -0.4 is 9.64 Å². The minimum Gasteiger partial charge on any atom is -0.447 e. The largest absolute Gasteiger partial charge is 0.447 e. The molecule has 6 nitrogen and oxygen atoms in total. The number of aromatic nitrogens is 3. The number of hydrogen-bond donors (Lipinski definition) is 0. The van der Waals surface area contributed by atoms with Crippen LogP contribution in [0.2, 0.25) is 5.02 Å². The zero-order valence-electron chi connectivity index (χ0n) is 17.3. The van der Waals surface area contributed by atoms with E-state index >= 15 is 4.39 Å². The first kappa shape index (κ1) is 21.4. The van der Waals surface area contributed by atoms with Crippen LogP contribution in [-0.2, 0) is 0 Å². The van der Waals surface area contributed by atoms with E-state index in [1.165, 1.54) is 28.8 Å². The SMILES string of the molecule is CSc1nnc2c(n1)O[C@H](c1c(F)cccc1Cl)N(C(=O)c1ccccc1)c1ccccc1-2. The summed E-state index contributed by atoms with van der Waals surface area (Å²) in [5.41, 5.74) is 1.84. The first-order chi connectivity index (χ1) is 16.1. The fourth-order valence-electron chi connectivity index (χ4n) is 3.67. The molecule has 1 aliphatic heterocycles. The number of thioether (sulfide) groups is 1. The molecule has 1 atom stereocenters. The van der Waals surface area contributed by atoms with Crippen LogP contribution in [0.1, 0.15) is 22.1 Å². The van der Waals surface area contributed by atoms with E-state index in [0.29, 0.717) is 27.7 Å². The molecule has 0 aliphatic carbocycles. The van der Waals surface area contributed by atoms with Crippen molar-refractivity contribution in [3.63, 3.8) is 0 Å². The number of benzene rings is 3. The number of anilines is 1. The van der Waals surface area contributed by atoms with Gasteiger partial charge in [0.05, 0.1) is 16.3 Å². The van der Waals surface area contributed by atoms with Crippen molar-refractivity contribution in [2.75, 3.05) is 11.2 Å².